The summed E-state index contributed by atoms with van der Waals surface area (Å²) in [5.74, 6) is 0.0610. The quantitative estimate of drug-likeness (QED) is 0.787. The molecule has 2 aromatic carbocycles. The Morgan fingerprint density at radius 1 is 1.00 bits per heavy atom. The smallest absolute Gasteiger partial charge is 0.228 e. The number of piperazine rings is 1. The third-order valence-electron chi connectivity index (χ3n) is 6.04. The molecule has 2 aliphatic heterocycles. The van der Waals surface area contributed by atoms with E-state index >= 15 is 0 Å². The van der Waals surface area contributed by atoms with E-state index in [0.29, 0.717) is 19.5 Å². The third kappa shape index (κ3) is 4.61. The van der Waals surface area contributed by atoms with E-state index in [9.17, 15) is 9.59 Å². The van der Waals surface area contributed by atoms with Crippen molar-refractivity contribution in [3.8, 4) is 0 Å². The van der Waals surface area contributed by atoms with Gasteiger partial charge in [-0.2, -0.15) is 0 Å². The van der Waals surface area contributed by atoms with Crippen LogP contribution in [0.3, 0.4) is 0 Å². The maximum atomic E-state index is 13.0. The molecule has 0 aliphatic carbocycles. The average Bonchev–Trinajstić information content (AvgIpc) is 3.13. The molecule has 2 amide bonds. The Hall–Kier alpha value is -2.82. The Bertz CT molecular complexity index is 859. The standard InChI is InChI=1S/C24H29N3O2/c1-19-6-5-9-22(16-19)25-12-14-26(15-13-25)24(29)21-17-23(28)27(18-21)11-10-20-7-3-2-4-8-20/h2-9,16,21H,10-15,17-18H2,1H3/t21-/m1/s1. The van der Waals surface area contributed by atoms with Crippen LogP contribution < -0.4 is 4.90 Å². The van der Waals surface area contributed by atoms with Gasteiger partial charge in [0, 0.05) is 51.4 Å². The van der Waals surface area contributed by atoms with Gasteiger partial charge in [0.05, 0.1) is 5.92 Å². The van der Waals surface area contributed by atoms with Crippen LogP contribution in [0, 0.1) is 12.8 Å². The fraction of sp³-hybridized carbons (Fsp3) is 0.417. The summed E-state index contributed by atoms with van der Waals surface area (Å²) in [6.07, 6.45) is 1.19. The molecule has 0 radical (unpaired) electrons. The number of aryl methyl sites for hydroxylation is 1. The van der Waals surface area contributed by atoms with Gasteiger partial charge in [-0.05, 0) is 36.6 Å². The SMILES string of the molecule is Cc1cccc(N2CCN(C(=O)[C@@H]3CC(=O)N(CCc4ccccc4)C3)CC2)c1. The van der Waals surface area contributed by atoms with E-state index in [2.05, 4.69) is 48.2 Å². The van der Waals surface area contributed by atoms with E-state index < -0.39 is 0 Å². The molecule has 0 unspecified atom stereocenters. The molecular weight excluding hydrogens is 362 g/mol. The van der Waals surface area contributed by atoms with Crippen LogP contribution in [0.1, 0.15) is 17.5 Å². The van der Waals surface area contributed by atoms with Gasteiger partial charge in [0.25, 0.3) is 0 Å². The van der Waals surface area contributed by atoms with Crippen LogP contribution in [0.5, 0.6) is 0 Å². The van der Waals surface area contributed by atoms with E-state index in [0.717, 1.165) is 32.6 Å². The lowest BCUT2D eigenvalue weighted by atomic mass is 10.1. The third-order valence-corrected chi connectivity index (χ3v) is 6.04. The number of hydrogen-bond acceptors (Lipinski definition) is 3. The number of benzene rings is 2. The zero-order valence-electron chi connectivity index (χ0n) is 17.1. The summed E-state index contributed by atoms with van der Waals surface area (Å²) in [6, 6.07) is 18.7. The molecule has 4 rings (SSSR count). The van der Waals surface area contributed by atoms with Crippen molar-refractivity contribution in [1.29, 1.82) is 0 Å². The second-order valence-corrected chi connectivity index (χ2v) is 8.13. The molecule has 5 heteroatoms. The van der Waals surface area contributed by atoms with Crippen molar-refractivity contribution >= 4 is 17.5 Å². The number of amides is 2. The number of carbonyl (C=O) groups excluding carboxylic acids is 2. The van der Waals surface area contributed by atoms with Crippen LogP contribution in [-0.4, -0.2) is 60.9 Å². The van der Waals surface area contributed by atoms with Gasteiger partial charge >= 0.3 is 0 Å². The molecule has 5 nitrogen and oxygen atoms in total. The molecule has 0 bridgehead atoms. The summed E-state index contributed by atoms with van der Waals surface area (Å²) in [5.41, 5.74) is 3.70. The van der Waals surface area contributed by atoms with Gasteiger partial charge in [0.15, 0.2) is 0 Å². The van der Waals surface area contributed by atoms with Crippen LogP contribution in [0.4, 0.5) is 5.69 Å². The molecule has 2 saturated heterocycles. The molecule has 1 atom stereocenters. The topological polar surface area (TPSA) is 43.9 Å². The van der Waals surface area contributed by atoms with E-state index in [4.69, 9.17) is 0 Å². The number of anilines is 1. The number of hydrogen-bond donors (Lipinski definition) is 0. The first-order valence-electron chi connectivity index (χ1n) is 10.5. The second-order valence-electron chi connectivity index (χ2n) is 8.13. The molecule has 0 N–H and O–H groups in total. The molecule has 29 heavy (non-hydrogen) atoms. The Morgan fingerprint density at radius 3 is 2.48 bits per heavy atom. The Balaban J connectivity index is 1.28. The van der Waals surface area contributed by atoms with Gasteiger partial charge < -0.3 is 14.7 Å². The highest BCUT2D eigenvalue weighted by atomic mass is 16.2. The van der Waals surface area contributed by atoms with Crippen molar-refractivity contribution in [2.75, 3.05) is 44.2 Å². The van der Waals surface area contributed by atoms with E-state index in [1.165, 1.54) is 16.8 Å². The van der Waals surface area contributed by atoms with Gasteiger partial charge in [0.2, 0.25) is 11.8 Å². The Morgan fingerprint density at radius 2 is 1.76 bits per heavy atom. The summed E-state index contributed by atoms with van der Waals surface area (Å²) in [6.45, 7) is 6.48. The van der Waals surface area contributed by atoms with Crippen molar-refractivity contribution in [2.45, 2.75) is 19.8 Å². The lowest BCUT2D eigenvalue weighted by Crippen LogP contribution is -2.50. The number of rotatable bonds is 5. The highest BCUT2D eigenvalue weighted by Crippen LogP contribution is 2.23. The Kier molecular flexibility index (Phi) is 5.84. The molecule has 2 heterocycles. The predicted molar refractivity (Wildman–Crippen MR) is 115 cm³/mol. The normalized spacial score (nSPS) is 19.7. The van der Waals surface area contributed by atoms with Crippen molar-refractivity contribution in [3.05, 3.63) is 65.7 Å². The molecule has 2 aromatic rings. The maximum absolute atomic E-state index is 13.0. The van der Waals surface area contributed by atoms with Crippen molar-refractivity contribution < 1.29 is 9.59 Å². The zero-order valence-corrected chi connectivity index (χ0v) is 17.1. The molecule has 0 saturated carbocycles. The van der Waals surface area contributed by atoms with Crippen molar-refractivity contribution in [2.24, 2.45) is 5.92 Å². The summed E-state index contributed by atoms with van der Waals surface area (Å²) in [4.78, 5) is 31.5. The van der Waals surface area contributed by atoms with Gasteiger partial charge in [-0.15, -0.1) is 0 Å². The highest BCUT2D eigenvalue weighted by molar-refractivity contribution is 5.89. The van der Waals surface area contributed by atoms with E-state index in [1.807, 2.05) is 28.0 Å². The monoisotopic (exact) mass is 391 g/mol. The van der Waals surface area contributed by atoms with Crippen LogP contribution in [0.25, 0.3) is 0 Å². The van der Waals surface area contributed by atoms with Crippen molar-refractivity contribution in [1.82, 2.24) is 9.80 Å². The average molecular weight is 392 g/mol. The summed E-state index contributed by atoms with van der Waals surface area (Å²) in [7, 11) is 0. The van der Waals surface area contributed by atoms with Gasteiger partial charge in [-0.3, -0.25) is 9.59 Å². The summed E-state index contributed by atoms with van der Waals surface area (Å²) < 4.78 is 0. The minimum Gasteiger partial charge on any atom is -0.368 e. The molecule has 0 spiro atoms. The predicted octanol–water partition coefficient (Wildman–Crippen LogP) is 2.73. The van der Waals surface area contributed by atoms with Crippen LogP contribution in [0.15, 0.2) is 54.6 Å². The van der Waals surface area contributed by atoms with Gasteiger partial charge in [-0.1, -0.05) is 42.5 Å². The summed E-state index contributed by atoms with van der Waals surface area (Å²) in [5, 5.41) is 0. The molecular formula is C24H29N3O2. The fourth-order valence-corrected chi connectivity index (χ4v) is 4.33. The van der Waals surface area contributed by atoms with Gasteiger partial charge in [-0.25, -0.2) is 0 Å². The molecule has 2 fully saturated rings. The van der Waals surface area contributed by atoms with E-state index in [1.54, 1.807) is 0 Å². The highest BCUT2D eigenvalue weighted by Gasteiger charge is 2.37. The summed E-state index contributed by atoms with van der Waals surface area (Å²) >= 11 is 0. The molecule has 2 aliphatic rings. The lowest BCUT2D eigenvalue weighted by Gasteiger charge is -2.37. The number of nitrogens with zero attached hydrogens (tertiary/aromatic N) is 3. The van der Waals surface area contributed by atoms with Gasteiger partial charge in [0.1, 0.15) is 0 Å². The first kappa shape index (κ1) is 19.5. The van der Waals surface area contributed by atoms with Crippen LogP contribution >= 0.6 is 0 Å². The zero-order chi connectivity index (χ0) is 20.2. The first-order valence-corrected chi connectivity index (χ1v) is 10.5. The van der Waals surface area contributed by atoms with Crippen LogP contribution in [-0.2, 0) is 16.0 Å². The maximum Gasteiger partial charge on any atom is 0.228 e. The van der Waals surface area contributed by atoms with E-state index in [-0.39, 0.29) is 17.7 Å². The second kappa shape index (κ2) is 8.68. The van der Waals surface area contributed by atoms with Crippen LogP contribution in [0.2, 0.25) is 0 Å². The lowest BCUT2D eigenvalue weighted by molar-refractivity contribution is -0.136. The minimum absolute atomic E-state index is 0.109. The number of likely N-dealkylation sites (tertiary alicyclic amines) is 1. The Labute approximate surface area is 172 Å². The number of carbonyl (C=O) groups is 2. The van der Waals surface area contributed by atoms with Crippen molar-refractivity contribution in [3.63, 3.8) is 0 Å². The largest absolute Gasteiger partial charge is 0.368 e. The molecule has 0 aromatic heterocycles. The fourth-order valence-electron chi connectivity index (χ4n) is 4.33. The first-order chi connectivity index (χ1) is 14.1. The minimum atomic E-state index is -0.191. The molecule has 152 valence electrons.